The number of benzene rings is 3. The summed E-state index contributed by atoms with van der Waals surface area (Å²) in [5.74, 6) is -0.238. The number of halogens is 1. The maximum absolute atomic E-state index is 12.3. The molecule has 1 N–H and O–H groups in total. The number of anilines is 1. The SMILES string of the molecule is O=C(CCC(=O)c1ccc(-c2ccccc2)cc1)Nc1ccc(Cl)cc1. The Morgan fingerprint density at radius 2 is 1.35 bits per heavy atom. The van der Waals surface area contributed by atoms with E-state index in [-0.39, 0.29) is 24.5 Å². The van der Waals surface area contributed by atoms with Crippen molar-refractivity contribution >= 4 is 29.0 Å². The zero-order chi connectivity index (χ0) is 18.4. The number of hydrogen-bond acceptors (Lipinski definition) is 2. The van der Waals surface area contributed by atoms with Crippen molar-refractivity contribution < 1.29 is 9.59 Å². The summed E-state index contributed by atoms with van der Waals surface area (Å²) in [6.07, 6.45) is 0.312. The van der Waals surface area contributed by atoms with Gasteiger partial charge in [-0.3, -0.25) is 9.59 Å². The second kappa shape index (κ2) is 8.45. The Kier molecular flexibility index (Phi) is 5.82. The monoisotopic (exact) mass is 363 g/mol. The highest BCUT2D eigenvalue weighted by Gasteiger charge is 2.10. The largest absolute Gasteiger partial charge is 0.326 e. The summed E-state index contributed by atoms with van der Waals surface area (Å²) in [6, 6.07) is 24.3. The summed E-state index contributed by atoms with van der Waals surface area (Å²) < 4.78 is 0. The van der Waals surface area contributed by atoms with Crippen LogP contribution in [0.4, 0.5) is 5.69 Å². The normalized spacial score (nSPS) is 10.3. The summed E-state index contributed by atoms with van der Waals surface area (Å²) in [5.41, 5.74) is 3.44. The van der Waals surface area contributed by atoms with Crippen LogP contribution >= 0.6 is 11.6 Å². The molecule has 26 heavy (non-hydrogen) atoms. The smallest absolute Gasteiger partial charge is 0.224 e. The van der Waals surface area contributed by atoms with Crippen LogP contribution in [-0.4, -0.2) is 11.7 Å². The molecule has 4 heteroatoms. The Labute approximate surface area is 157 Å². The Balaban J connectivity index is 1.54. The number of hydrogen-bond donors (Lipinski definition) is 1. The molecule has 0 bridgehead atoms. The maximum Gasteiger partial charge on any atom is 0.224 e. The van der Waals surface area contributed by atoms with Gasteiger partial charge in [-0.25, -0.2) is 0 Å². The minimum atomic E-state index is -0.193. The molecule has 0 atom stereocenters. The van der Waals surface area contributed by atoms with Crippen LogP contribution in [0.15, 0.2) is 78.9 Å². The van der Waals surface area contributed by atoms with Crippen molar-refractivity contribution in [1.29, 1.82) is 0 Å². The number of rotatable bonds is 6. The van der Waals surface area contributed by atoms with Crippen LogP contribution in [-0.2, 0) is 4.79 Å². The van der Waals surface area contributed by atoms with Crippen LogP contribution in [0.1, 0.15) is 23.2 Å². The standard InChI is InChI=1S/C22H18ClNO2/c23-19-10-12-20(13-11-19)24-22(26)15-14-21(25)18-8-6-17(7-9-18)16-4-2-1-3-5-16/h1-13H,14-15H2,(H,24,26). The lowest BCUT2D eigenvalue weighted by Gasteiger charge is -2.06. The quantitative estimate of drug-likeness (QED) is 0.578. The van der Waals surface area contributed by atoms with Crippen LogP contribution in [0.5, 0.6) is 0 Å². The van der Waals surface area contributed by atoms with Gasteiger partial charge in [-0.1, -0.05) is 66.2 Å². The van der Waals surface area contributed by atoms with E-state index in [0.717, 1.165) is 11.1 Å². The van der Waals surface area contributed by atoms with Gasteiger partial charge in [0, 0.05) is 29.1 Å². The summed E-state index contributed by atoms with van der Waals surface area (Å²) in [5, 5.41) is 3.37. The number of carbonyl (C=O) groups excluding carboxylic acids is 2. The summed E-state index contributed by atoms with van der Waals surface area (Å²) in [7, 11) is 0. The fourth-order valence-electron chi connectivity index (χ4n) is 2.61. The Morgan fingerprint density at radius 1 is 0.731 bits per heavy atom. The molecule has 0 aromatic heterocycles. The van der Waals surface area contributed by atoms with E-state index in [2.05, 4.69) is 5.32 Å². The molecule has 0 aliphatic carbocycles. The third-order valence-corrected chi connectivity index (χ3v) is 4.27. The summed E-state index contributed by atoms with van der Waals surface area (Å²) >= 11 is 5.81. The fraction of sp³-hybridized carbons (Fsp3) is 0.0909. The van der Waals surface area contributed by atoms with E-state index in [1.165, 1.54) is 0 Å². The molecule has 0 unspecified atom stereocenters. The molecule has 0 radical (unpaired) electrons. The fourth-order valence-corrected chi connectivity index (χ4v) is 2.73. The molecule has 0 heterocycles. The van der Waals surface area contributed by atoms with Gasteiger partial charge in [-0.05, 0) is 35.4 Å². The summed E-state index contributed by atoms with van der Waals surface area (Å²) in [6.45, 7) is 0. The lowest BCUT2D eigenvalue weighted by atomic mass is 10.0. The maximum atomic E-state index is 12.3. The van der Waals surface area contributed by atoms with Gasteiger partial charge in [0.15, 0.2) is 5.78 Å². The number of nitrogens with one attached hydrogen (secondary N) is 1. The molecule has 0 saturated heterocycles. The molecule has 3 rings (SSSR count). The lowest BCUT2D eigenvalue weighted by Crippen LogP contribution is -2.13. The van der Waals surface area contributed by atoms with Gasteiger partial charge in [0.2, 0.25) is 5.91 Å². The first-order valence-corrected chi connectivity index (χ1v) is 8.74. The predicted octanol–water partition coefficient (Wildman–Crippen LogP) is 5.61. The van der Waals surface area contributed by atoms with Gasteiger partial charge in [-0.2, -0.15) is 0 Å². The van der Waals surface area contributed by atoms with Gasteiger partial charge >= 0.3 is 0 Å². The van der Waals surface area contributed by atoms with Crippen molar-refractivity contribution in [2.75, 3.05) is 5.32 Å². The van der Waals surface area contributed by atoms with Crippen molar-refractivity contribution in [2.45, 2.75) is 12.8 Å². The molecule has 3 aromatic rings. The van der Waals surface area contributed by atoms with E-state index >= 15 is 0 Å². The predicted molar refractivity (Wildman–Crippen MR) is 106 cm³/mol. The van der Waals surface area contributed by atoms with Gasteiger partial charge in [-0.15, -0.1) is 0 Å². The number of ketones is 1. The Morgan fingerprint density at radius 3 is 2.00 bits per heavy atom. The first kappa shape index (κ1) is 17.9. The van der Waals surface area contributed by atoms with E-state index in [9.17, 15) is 9.59 Å². The van der Waals surface area contributed by atoms with Crippen molar-refractivity contribution in [3.8, 4) is 11.1 Å². The lowest BCUT2D eigenvalue weighted by molar-refractivity contribution is -0.116. The topological polar surface area (TPSA) is 46.2 Å². The van der Waals surface area contributed by atoms with Gasteiger partial charge < -0.3 is 5.32 Å². The van der Waals surface area contributed by atoms with E-state index in [0.29, 0.717) is 16.3 Å². The average Bonchev–Trinajstić information content (AvgIpc) is 2.69. The van der Waals surface area contributed by atoms with Crippen molar-refractivity contribution in [3.63, 3.8) is 0 Å². The minimum absolute atomic E-state index is 0.0455. The average molecular weight is 364 g/mol. The second-order valence-electron chi connectivity index (χ2n) is 5.92. The zero-order valence-electron chi connectivity index (χ0n) is 14.1. The first-order chi connectivity index (χ1) is 12.6. The molecule has 0 aliphatic heterocycles. The highest BCUT2D eigenvalue weighted by Crippen LogP contribution is 2.20. The molecule has 3 aromatic carbocycles. The molecule has 0 saturated carbocycles. The van der Waals surface area contributed by atoms with Crippen LogP contribution in [0.25, 0.3) is 11.1 Å². The summed E-state index contributed by atoms with van der Waals surface area (Å²) in [4.78, 5) is 24.3. The molecular weight excluding hydrogens is 346 g/mol. The van der Waals surface area contributed by atoms with Gasteiger partial charge in [0.1, 0.15) is 0 Å². The third kappa shape index (κ3) is 4.80. The molecule has 3 nitrogen and oxygen atoms in total. The van der Waals surface area contributed by atoms with Crippen LogP contribution in [0, 0.1) is 0 Å². The number of carbonyl (C=O) groups is 2. The van der Waals surface area contributed by atoms with Crippen LogP contribution < -0.4 is 5.32 Å². The Bertz CT molecular complexity index is 888. The molecule has 0 fully saturated rings. The highest BCUT2D eigenvalue weighted by molar-refractivity contribution is 6.30. The van der Waals surface area contributed by atoms with Crippen molar-refractivity contribution in [2.24, 2.45) is 0 Å². The van der Waals surface area contributed by atoms with Gasteiger partial charge in [0.25, 0.3) is 0 Å². The molecule has 1 amide bonds. The van der Waals surface area contributed by atoms with E-state index in [4.69, 9.17) is 11.6 Å². The van der Waals surface area contributed by atoms with Crippen molar-refractivity contribution in [1.82, 2.24) is 0 Å². The molecule has 0 aliphatic rings. The third-order valence-electron chi connectivity index (χ3n) is 4.02. The second-order valence-corrected chi connectivity index (χ2v) is 6.36. The van der Waals surface area contributed by atoms with Crippen LogP contribution in [0.3, 0.4) is 0 Å². The van der Waals surface area contributed by atoms with Gasteiger partial charge in [0.05, 0.1) is 0 Å². The highest BCUT2D eigenvalue weighted by atomic mass is 35.5. The van der Waals surface area contributed by atoms with E-state index in [1.807, 2.05) is 54.6 Å². The Hall–Kier alpha value is -2.91. The first-order valence-electron chi connectivity index (χ1n) is 8.36. The molecular formula is C22H18ClNO2. The number of amides is 1. The van der Waals surface area contributed by atoms with Crippen molar-refractivity contribution in [3.05, 3.63) is 89.4 Å². The molecule has 130 valence electrons. The van der Waals surface area contributed by atoms with E-state index < -0.39 is 0 Å². The van der Waals surface area contributed by atoms with E-state index in [1.54, 1.807) is 24.3 Å². The van der Waals surface area contributed by atoms with Crippen LogP contribution in [0.2, 0.25) is 5.02 Å². The molecule has 0 spiro atoms. The zero-order valence-corrected chi connectivity index (χ0v) is 14.9. The minimum Gasteiger partial charge on any atom is -0.326 e. The number of Topliss-reactive ketones (excluding diaryl/α,β-unsaturated/α-hetero) is 1.